The molecule has 0 unspecified atom stereocenters. The van der Waals surface area contributed by atoms with Crippen molar-refractivity contribution in [1.82, 2.24) is 5.06 Å². The quantitative estimate of drug-likeness (QED) is 0.473. The monoisotopic (exact) mass is 305 g/mol. The van der Waals surface area contributed by atoms with E-state index >= 15 is 0 Å². The van der Waals surface area contributed by atoms with Gasteiger partial charge in [-0.1, -0.05) is 17.2 Å². The summed E-state index contributed by atoms with van der Waals surface area (Å²) in [7, 11) is 0. The summed E-state index contributed by atoms with van der Waals surface area (Å²) < 4.78 is 4.78. The summed E-state index contributed by atoms with van der Waals surface area (Å²) in [6.07, 6.45) is 0. The first-order chi connectivity index (χ1) is 10.3. The molecule has 1 aliphatic heterocycles. The van der Waals surface area contributed by atoms with E-state index in [2.05, 4.69) is 0 Å². The number of nitrogens with zero attached hydrogens (tertiary/aromatic N) is 1. The van der Waals surface area contributed by atoms with E-state index in [1.54, 1.807) is 19.1 Å². The van der Waals surface area contributed by atoms with E-state index in [4.69, 9.17) is 9.57 Å². The third-order valence-corrected chi connectivity index (χ3v) is 3.23. The topological polar surface area (TPSA) is 90.0 Å². The molecule has 0 N–H and O–H groups in total. The van der Waals surface area contributed by atoms with Gasteiger partial charge in [-0.15, -0.1) is 0 Å². The molecular weight excluding hydrogens is 290 g/mol. The van der Waals surface area contributed by atoms with Gasteiger partial charge in [0.05, 0.1) is 17.7 Å². The summed E-state index contributed by atoms with van der Waals surface area (Å²) in [4.78, 5) is 52.9. The maximum Gasteiger partial charge on any atom is 0.349 e. The first-order valence-electron chi connectivity index (χ1n) is 6.68. The number of amides is 2. The molecule has 0 aliphatic carbocycles. The highest BCUT2D eigenvalue weighted by molar-refractivity contribution is 6.21. The number of fused-ring (bicyclic) bond motifs is 1. The molecule has 2 rings (SSSR count). The van der Waals surface area contributed by atoms with Crippen molar-refractivity contribution < 1.29 is 28.8 Å². The van der Waals surface area contributed by atoms with E-state index in [1.807, 2.05) is 0 Å². The number of carbonyl (C=O) groups excluding carboxylic acids is 4. The average molecular weight is 305 g/mol. The number of rotatable bonds is 4. The summed E-state index contributed by atoms with van der Waals surface area (Å²) in [5.41, 5.74) is -1.34. The van der Waals surface area contributed by atoms with Crippen LogP contribution in [0.4, 0.5) is 0 Å². The van der Waals surface area contributed by atoms with Crippen molar-refractivity contribution in [3.05, 3.63) is 35.4 Å². The van der Waals surface area contributed by atoms with E-state index in [9.17, 15) is 19.2 Å². The second kappa shape index (κ2) is 5.59. The smallest absolute Gasteiger partial charge is 0.349 e. The SMILES string of the molecule is CCOC(=O)C(C)(C)C(=O)ON1C(=O)c2ccccc2C1=O. The first kappa shape index (κ1) is 15.7. The van der Waals surface area contributed by atoms with Gasteiger partial charge in [0, 0.05) is 0 Å². The number of esters is 1. The summed E-state index contributed by atoms with van der Waals surface area (Å²) in [6.45, 7) is 4.29. The molecule has 1 heterocycles. The van der Waals surface area contributed by atoms with Gasteiger partial charge < -0.3 is 9.57 Å². The van der Waals surface area contributed by atoms with Crippen LogP contribution in [-0.2, 0) is 19.2 Å². The van der Waals surface area contributed by atoms with Crippen molar-refractivity contribution in [3.63, 3.8) is 0 Å². The van der Waals surface area contributed by atoms with Gasteiger partial charge in [0.1, 0.15) is 0 Å². The second-order valence-electron chi connectivity index (χ2n) is 5.17. The molecule has 0 spiro atoms. The van der Waals surface area contributed by atoms with Gasteiger partial charge in [-0.2, -0.15) is 0 Å². The Hall–Kier alpha value is -2.70. The fourth-order valence-electron chi connectivity index (χ4n) is 1.84. The fourth-order valence-corrected chi connectivity index (χ4v) is 1.84. The standard InChI is InChI=1S/C15H15NO6/c1-4-21-13(19)15(2,3)14(20)22-16-11(17)9-7-5-6-8-10(9)12(16)18/h5-8H,4H2,1-3H3. The number of imide groups is 1. The van der Waals surface area contributed by atoms with Crippen LogP contribution >= 0.6 is 0 Å². The molecule has 0 fully saturated rings. The van der Waals surface area contributed by atoms with E-state index in [0.717, 1.165) is 0 Å². The van der Waals surface area contributed by atoms with Crippen molar-refractivity contribution in [1.29, 1.82) is 0 Å². The van der Waals surface area contributed by atoms with Crippen molar-refractivity contribution in [3.8, 4) is 0 Å². The molecular formula is C15H15NO6. The normalized spacial score (nSPS) is 13.9. The van der Waals surface area contributed by atoms with Crippen LogP contribution in [0.3, 0.4) is 0 Å². The van der Waals surface area contributed by atoms with Crippen LogP contribution in [0.15, 0.2) is 24.3 Å². The van der Waals surface area contributed by atoms with E-state index in [0.29, 0.717) is 5.06 Å². The fraction of sp³-hybridized carbons (Fsp3) is 0.333. The Morgan fingerprint density at radius 1 is 1.05 bits per heavy atom. The zero-order chi connectivity index (χ0) is 16.5. The minimum Gasteiger partial charge on any atom is -0.465 e. The van der Waals surface area contributed by atoms with Crippen molar-refractivity contribution >= 4 is 23.8 Å². The Labute approximate surface area is 126 Å². The van der Waals surface area contributed by atoms with E-state index in [1.165, 1.54) is 26.0 Å². The Bertz CT molecular complexity index is 629. The maximum atomic E-state index is 12.1. The lowest BCUT2D eigenvalue weighted by atomic mass is 9.94. The molecule has 0 aromatic heterocycles. The summed E-state index contributed by atoms with van der Waals surface area (Å²) in [6, 6.07) is 6.11. The predicted octanol–water partition coefficient (Wildman–Crippen LogP) is 1.33. The van der Waals surface area contributed by atoms with Crippen LogP contribution in [0, 0.1) is 5.41 Å². The number of hydrogen-bond acceptors (Lipinski definition) is 6. The van der Waals surface area contributed by atoms with Crippen LogP contribution in [0.2, 0.25) is 0 Å². The zero-order valence-electron chi connectivity index (χ0n) is 12.4. The molecule has 2 amide bonds. The molecule has 0 saturated carbocycles. The molecule has 7 heteroatoms. The second-order valence-corrected chi connectivity index (χ2v) is 5.17. The molecule has 0 atom stereocenters. The van der Waals surface area contributed by atoms with Crippen molar-refractivity contribution in [2.45, 2.75) is 20.8 Å². The first-order valence-corrected chi connectivity index (χ1v) is 6.68. The number of hydroxylamine groups is 2. The van der Waals surface area contributed by atoms with Gasteiger partial charge in [-0.25, -0.2) is 4.79 Å². The number of benzene rings is 1. The van der Waals surface area contributed by atoms with Gasteiger partial charge in [-0.05, 0) is 32.9 Å². The third kappa shape index (κ3) is 2.45. The molecule has 1 aliphatic rings. The molecule has 1 aromatic carbocycles. The zero-order valence-corrected chi connectivity index (χ0v) is 12.4. The van der Waals surface area contributed by atoms with Crippen LogP contribution in [0.25, 0.3) is 0 Å². The highest BCUT2D eigenvalue weighted by Crippen LogP contribution is 2.26. The Kier molecular flexibility index (Phi) is 3.99. The van der Waals surface area contributed by atoms with E-state index < -0.39 is 29.2 Å². The van der Waals surface area contributed by atoms with Gasteiger partial charge in [0.15, 0.2) is 5.41 Å². The van der Waals surface area contributed by atoms with Crippen LogP contribution in [0.1, 0.15) is 41.5 Å². The maximum absolute atomic E-state index is 12.1. The lowest BCUT2D eigenvalue weighted by Gasteiger charge is -2.22. The highest BCUT2D eigenvalue weighted by Gasteiger charge is 2.45. The van der Waals surface area contributed by atoms with Gasteiger partial charge in [-0.3, -0.25) is 14.4 Å². The minimum absolute atomic E-state index is 0.0998. The van der Waals surface area contributed by atoms with Crippen LogP contribution < -0.4 is 0 Å². The largest absolute Gasteiger partial charge is 0.465 e. The highest BCUT2D eigenvalue weighted by atomic mass is 16.7. The summed E-state index contributed by atoms with van der Waals surface area (Å²) in [5, 5.41) is 0.369. The summed E-state index contributed by atoms with van der Waals surface area (Å²) >= 11 is 0. The average Bonchev–Trinajstić information content (AvgIpc) is 2.73. The Morgan fingerprint density at radius 2 is 1.55 bits per heavy atom. The van der Waals surface area contributed by atoms with Crippen molar-refractivity contribution in [2.75, 3.05) is 6.61 Å². The predicted molar refractivity (Wildman–Crippen MR) is 73.4 cm³/mol. The van der Waals surface area contributed by atoms with Crippen LogP contribution in [-0.4, -0.2) is 35.4 Å². The number of carbonyl (C=O) groups is 4. The Morgan fingerprint density at radius 3 is 2.00 bits per heavy atom. The molecule has 0 radical (unpaired) electrons. The van der Waals surface area contributed by atoms with Crippen molar-refractivity contribution in [2.24, 2.45) is 5.41 Å². The molecule has 0 bridgehead atoms. The lowest BCUT2D eigenvalue weighted by Crippen LogP contribution is -2.42. The summed E-state index contributed by atoms with van der Waals surface area (Å²) in [5.74, 6) is -3.32. The molecule has 22 heavy (non-hydrogen) atoms. The molecule has 0 saturated heterocycles. The van der Waals surface area contributed by atoms with Gasteiger partial charge >= 0.3 is 11.9 Å². The van der Waals surface area contributed by atoms with E-state index in [-0.39, 0.29) is 17.7 Å². The Balaban J connectivity index is 2.19. The van der Waals surface area contributed by atoms with Crippen LogP contribution in [0.5, 0.6) is 0 Å². The molecule has 1 aromatic rings. The third-order valence-electron chi connectivity index (χ3n) is 3.23. The molecule has 7 nitrogen and oxygen atoms in total. The number of ether oxygens (including phenoxy) is 1. The van der Waals surface area contributed by atoms with Gasteiger partial charge in [0.2, 0.25) is 0 Å². The van der Waals surface area contributed by atoms with Gasteiger partial charge in [0.25, 0.3) is 11.8 Å². The number of hydrogen-bond donors (Lipinski definition) is 0. The molecule has 116 valence electrons. The lowest BCUT2D eigenvalue weighted by molar-refractivity contribution is -0.186. The minimum atomic E-state index is -1.63.